The van der Waals surface area contributed by atoms with Crippen molar-refractivity contribution in [3.63, 3.8) is 0 Å². The van der Waals surface area contributed by atoms with Crippen LogP contribution in [0.15, 0.2) is 0 Å². The minimum atomic E-state index is 0.775. The highest BCUT2D eigenvalue weighted by atomic mass is 16.5. The van der Waals surface area contributed by atoms with Crippen LogP contribution in [-0.2, 0) is 4.74 Å². The Morgan fingerprint density at radius 1 is 1.44 bits per heavy atom. The lowest BCUT2D eigenvalue weighted by atomic mass is 10.1. The number of fused-ring (bicyclic) bond motifs is 2. The van der Waals surface area contributed by atoms with E-state index >= 15 is 0 Å². The molecule has 0 radical (unpaired) electrons. The molecule has 2 fully saturated rings. The molecule has 0 spiro atoms. The zero-order chi connectivity index (χ0) is 6.10. The SMILES string of the molecule is C1CC2CC(CN2)CO1. The minimum Gasteiger partial charge on any atom is -0.381 e. The Morgan fingerprint density at radius 2 is 2.44 bits per heavy atom. The lowest BCUT2D eigenvalue weighted by Crippen LogP contribution is -2.24. The maximum Gasteiger partial charge on any atom is 0.0507 e. The Kier molecular flexibility index (Phi) is 1.44. The second-order valence-corrected chi connectivity index (χ2v) is 3.07. The minimum absolute atomic E-state index is 0.775. The summed E-state index contributed by atoms with van der Waals surface area (Å²) in [5.41, 5.74) is 0. The first-order valence-corrected chi connectivity index (χ1v) is 3.76. The van der Waals surface area contributed by atoms with Gasteiger partial charge in [0.25, 0.3) is 0 Å². The summed E-state index contributed by atoms with van der Waals surface area (Å²) in [7, 11) is 0. The van der Waals surface area contributed by atoms with Crippen LogP contribution in [0.1, 0.15) is 12.8 Å². The van der Waals surface area contributed by atoms with Crippen LogP contribution < -0.4 is 5.32 Å². The van der Waals surface area contributed by atoms with Crippen LogP contribution in [0.2, 0.25) is 0 Å². The molecular formula is C7H13NO. The molecule has 2 bridgehead atoms. The molecule has 2 aliphatic rings. The average Bonchev–Trinajstić information content (AvgIpc) is 2.09. The molecule has 0 aromatic rings. The second-order valence-electron chi connectivity index (χ2n) is 3.07. The van der Waals surface area contributed by atoms with Crippen molar-refractivity contribution in [1.82, 2.24) is 5.32 Å². The van der Waals surface area contributed by atoms with E-state index in [4.69, 9.17) is 4.74 Å². The van der Waals surface area contributed by atoms with E-state index in [2.05, 4.69) is 5.32 Å². The summed E-state index contributed by atoms with van der Waals surface area (Å²) in [6.45, 7) is 3.14. The monoisotopic (exact) mass is 127 g/mol. The van der Waals surface area contributed by atoms with E-state index in [-0.39, 0.29) is 0 Å². The third-order valence-electron chi connectivity index (χ3n) is 2.28. The summed E-state index contributed by atoms with van der Waals surface area (Å²) in [5.74, 6) is 0.817. The van der Waals surface area contributed by atoms with Gasteiger partial charge in [0.05, 0.1) is 6.61 Å². The van der Waals surface area contributed by atoms with Crippen molar-refractivity contribution in [1.29, 1.82) is 0 Å². The quantitative estimate of drug-likeness (QED) is 0.508. The molecule has 1 N–H and O–H groups in total. The molecule has 0 saturated carbocycles. The molecule has 2 nitrogen and oxygen atoms in total. The van der Waals surface area contributed by atoms with Gasteiger partial charge in [-0.3, -0.25) is 0 Å². The van der Waals surface area contributed by atoms with E-state index in [9.17, 15) is 0 Å². The summed E-state index contributed by atoms with van der Waals surface area (Å²) in [5, 5.41) is 3.48. The van der Waals surface area contributed by atoms with Gasteiger partial charge in [-0.1, -0.05) is 0 Å². The van der Waals surface area contributed by atoms with Gasteiger partial charge in [-0.2, -0.15) is 0 Å². The Morgan fingerprint density at radius 3 is 3.44 bits per heavy atom. The van der Waals surface area contributed by atoms with Gasteiger partial charge < -0.3 is 10.1 Å². The van der Waals surface area contributed by atoms with E-state index in [1.165, 1.54) is 19.4 Å². The van der Waals surface area contributed by atoms with Gasteiger partial charge in [-0.05, 0) is 18.8 Å². The number of hydrogen-bond donors (Lipinski definition) is 1. The van der Waals surface area contributed by atoms with Crippen molar-refractivity contribution in [2.75, 3.05) is 19.8 Å². The van der Waals surface area contributed by atoms with E-state index in [1.807, 2.05) is 0 Å². The van der Waals surface area contributed by atoms with Crippen molar-refractivity contribution < 1.29 is 4.74 Å². The summed E-state index contributed by atoms with van der Waals surface area (Å²) in [6, 6.07) is 0.775. The van der Waals surface area contributed by atoms with Crippen LogP contribution in [0.3, 0.4) is 0 Å². The highest BCUT2D eigenvalue weighted by molar-refractivity contribution is 4.83. The van der Waals surface area contributed by atoms with Gasteiger partial charge in [0.1, 0.15) is 0 Å². The van der Waals surface area contributed by atoms with Crippen LogP contribution in [0, 0.1) is 5.92 Å². The summed E-state index contributed by atoms with van der Waals surface area (Å²) >= 11 is 0. The Bertz CT molecular complexity index is 93.1. The third-order valence-corrected chi connectivity index (χ3v) is 2.28. The van der Waals surface area contributed by atoms with Gasteiger partial charge in [0, 0.05) is 19.2 Å². The molecule has 2 rings (SSSR count). The molecule has 2 heteroatoms. The number of hydrogen-bond acceptors (Lipinski definition) is 2. The molecule has 0 aliphatic carbocycles. The molecule has 2 atom stereocenters. The molecule has 0 amide bonds. The van der Waals surface area contributed by atoms with Gasteiger partial charge in [0.2, 0.25) is 0 Å². The molecule has 2 unspecified atom stereocenters. The predicted octanol–water partition coefficient (Wildman–Crippen LogP) is 0.385. The largest absolute Gasteiger partial charge is 0.381 e. The fraction of sp³-hybridized carbons (Fsp3) is 1.00. The lowest BCUT2D eigenvalue weighted by molar-refractivity contribution is 0.110. The molecule has 0 aromatic heterocycles. The first-order chi connectivity index (χ1) is 4.45. The maximum atomic E-state index is 5.39. The van der Waals surface area contributed by atoms with E-state index < -0.39 is 0 Å². The molecule has 2 aliphatic heterocycles. The zero-order valence-electron chi connectivity index (χ0n) is 5.60. The third kappa shape index (κ3) is 1.10. The van der Waals surface area contributed by atoms with Crippen molar-refractivity contribution in [3.8, 4) is 0 Å². The molecular weight excluding hydrogens is 114 g/mol. The fourth-order valence-electron chi connectivity index (χ4n) is 1.72. The maximum absolute atomic E-state index is 5.39. The highest BCUT2D eigenvalue weighted by Crippen LogP contribution is 2.19. The molecule has 2 saturated heterocycles. The van der Waals surface area contributed by atoms with Crippen molar-refractivity contribution in [3.05, 3.63) is 0 Å². The van der Waals surface area contributed by atoms with Crippen LogP contribution in [0.4, 0.5) is 0 Å². The van der Waals surface area contributed by atoms with Gasteiger partial charge >= 0.3 is 0 Å². The Hall–Kier alpha value is -0.0800. The number of nitrogens with one attached hydrogen (secondary N) is 1. The van der Waals surface area contributed by atoms with Gasteiger partial charge in [-0.15, -0.1) is 0 Å². The second kappa shape index (κ2) is 2.27. The van der Waals surface area contributed by atoms with Gasteiger partial charge in [0.15, 0.2) is 0 Å². The van der Waals surface area contributed by atoms with Crippen LogP contribution in [0.25, 0.3) is 0 Å². The summed E-state index contributed by atoms with van der Waals surface area (Å²) < 4.78 is 5.39. The number of rotatable bonds is 0. The average molecular weight is 127 g/mol. The molecule has 9 heavy (non-hydrogen) atoms. The Labute approximate surface area is 55.6 Å². The first-order valence-electron chi connectivity index (χ1n) is 3.76. The lowest BCUT2D eigenvalue weighted by Gasteiger charge is -2.09. The van der Waals surface area contributed by atoms with Crippen molar-refractivity contribution in [2.24, 2.45) is 5.92 Å². The molecule has 52 valence electrons. The fourth-order valence-corrected chi connectivity index (χ4v) is 1.72. The van der Waals surface area contributed by atoms with Crippen LogP contribution in [0.5, 0.6) is 0 Å². The highest BCUT2D eigenvalue weighted by Gasteiger charge is 2.26. The van der Waals surface area contributed by atoms with Crippen LogP contribution in [-0.4, -0.2) is 25.8 Å². The van der Waals surface area contributed by atoms with Crippen molar-refractivity contribution >= 4 is 0 Å². The predicted molar refractivity (Wildman–Crippen MR) is 35.3 cm³/mol. The normalized spacial score (nSPS) is 42.7. The van der Waals surface area contributed by atoms with E-state index in [0.29, 0.717) is 0 Å². The Balaban J connectivity index is 1.99. The smallest absolute Gasteiger partial charge is 0.0507 e. The van der Waals surface area contributed by atoms with Crippen LogP contribution >= 0.6 is 0 Å². The number of ether oxygens (including phenoxy) is 1. The summed E-state index contributed by atoms with van der Waals surface area (Å²) in [4.78, 5) is 0. The van der Waals surface area contributed by atoms with E-state index in [0.717, 1.165) is 25.2 Å². The van der Waals surface area contributed by atoms with E-state index in [1.54, 1.807) is 0 Å². The molecule has 0 aromatic carbocycles. The zero-order valence-corrected chi connectivity index (χ0v) is 5.60. The van der Waals surface area contributed by atoms with Gasteiger partial charge in [-0.25, -0.2) is 0 Å². The topological polar surface area (TPSA) is 21.3 Å². The first kappa shape index (κ1) is 5.69. The standard InChI is InChI=1S/C7H13NO/c1-2-9-5-6-3-7(1)8-4-6/h6-8H,1-5H2. The molecule has 2 heterocycles. The van der Waals surface area contributed by atoms with Crippen molar-refractivity contribution in [2.45, 2.75) is 18.9 Å². The summed E-state index contributed by atoms with van der Waals surface area (Å²) in [6.07, 6.45) is 2.57.